The van der Waals surface area contributed by atoms with Crippen molar-refractivity contribution in [2.75, 3.05) is 0 Å². The second-order valence-corrected chi connectivity index (χ2v) is 12.1. The van der Waals surface area contributed by atoms with E-state index < -0.39 is 0 Å². The molecule has 48 heavy (non-hydrogen) atoms. The summed E-state index contributed by atoms with van der Waals surface area (Å²) in [6.45, 7) is 0. The molecule has 0 N–H and O–H groups in total. The predicted octanol–water partition coefficient (Wildman–Crippen LogP) is 10.6. The fraction of sp³-hybridized carbons (Fsp3) is 0. The largest absolute Gasteiger partial charge is 0.309 e. The van der Waals surface area contributed by atoms with Gasteiger partial charge in [0.15, 0.2) is 11.6 Å². The Labute approximate surface area is 276 Å². The molecule has 0 spiro atoms. The Balaban J connectivity index is 1.37. The van der Waals surface area contributed by atoms with E-state index in [1.807, 2.05) is 36.4 Å². The minimum Gasteiger partial charge on any atom is -0.309 e. The molecule has 0 fully saturated rings. The van der Waals surface area contributed by atoms with Crippen LogP contribution in [0.4, 0.5) is 0 Å². The summed E-state index contributed by atoms with van der Waals surface area (Å²) in [7, 11) is 0. The van der Waals surface area contributed by atoms with Crippen molar-refractivity contribution >= 4 is 54.4 Å². The molecule has 0 unspecified atom stereocenters. The Morgan fingerprint density at radius 2 is 0.833 bits per heavy atom. The molecule has 3 heterocycles. The van der Waals surface area contributed by atoms with Crippen molar-refractivity contribution in [2.24, 2.45) is 0 Å². The van der Waals surface area contributed by atoms with E-state index in [1.54, 1.807) is 0 Å². The van der Waals surface area contributed by atoms with Crippen molar-refractivity contribution in [1.82, 2.24) is 24.1 Å². The molecular formula is C43H27N5. The first kappa shape index (κ1) is 26.6. The molecule has 10 aromatic rings. The summed E-state index contributed by atoms with van der Waals surface area (Å²) in [5.74, 6) is 1.85. The smallest absolute Gasteiger partial charge is 0.238 e. The van der Waals surface area contributed by atoms with Crippen LogP contribution in [0.2, 0.25) is 0 Å². The van der Waals surface area contributed by atoms with E-state index in [0.717, 1.165) is 44.1 Å². The summed E-state index contributed by atoms with van der Waals surface area (Å²) in [5.41, 5.74) is 7.39. The zero-order valence-electron chi connectivity index (χ0n) is 25.8. The van der Waals surface area contributed by atoms with Crippen LogP contribution < -0.4 is 0 Å². The lowest BCUT2D eigenvalue weighted by Crippen LogP contribution is -2.06. The summed E-state index contributed by atoms with van der Waals surface area (Å²) in [6.07, 6.45) is 0. The van der Waals surface area contributed by atoms with Crippen molar-refractivity contribution in [3.05, 3.63) is 164 Å². The van der Waals surface area contributed by atoms with Crippen LogP contribution in [0.1, 0.15) is 0 Å². The van der Waals surface area contributed by atoms with Crippen molar-refractivity contribution < 1.29 is 0 Å². The van der Waals surface area contributed by atoms with Crippen molar-refractivity contribution in [3.63, 3.8) is 0 Å². The molecule has 0 radical (unpaired) electrons. The fourth-order valence-corrected chi connectivity index (χ4v) is 7.13. The first-order valence-corrected chi connectivity index (χ1v) is 16.1. The van der Waals surface area contributed by atoms with E-state index >= 15 is 0 Å². The molecule has 3 aromatic heterocycles. The topological polar surface area (TPSA) is 48.5 Å². The van der Waals surface area contributed by atoms with E-state index in [4.69, 9.17) is 15.0 Å². The number of para-hydroxylation sites is 2. The first-order valence-electron chi connectivity index (χ1n) is 16.1. The maximum Gasteiger partial charge on any atom is 0.238 e. The molecule has 0 amide bonds. The molecule has 0 saturated heterocycles. The Hall–Kier alpha value is -6.59. The van der Waals surface area contributed by atoms with Gasteiger partial charge in [-0.05, 0) is 53.2 Å². The van der Waals surface area contributed by atoms with E-state index in [9.17, 15) is 0 Å². The molecule has 0 atom stereocenters. The Bertz CT molecular complexity index is 2760. The molecule has 224 valence electrons. The van der Waals surface area contributed by atoms with Gasteiger partial charge in [-0.1, -0.05) is 121 Å². The van der Waals surface area contributed by atoms with E-state index in [0.29, 0.717) is 17.6 Å². The van der Waals surface area contributed by atoms with Gasteiger partial charge in [0.05, 0.1) is 22.1 Å². The van der Waals surface area contributed by atoms with Crippen molar-refractivity contribution in [3.8, 4) is 34.4 Å². The summed E-state index contributed by atoms with van der Waals surface area (Å²) in [6, 6.07) is 57.4. The molecule has 5 heteroatoms. The highest BCUT2D eigenvalue weighted by Gasteiger charge is 2.21. The summed E-state index contributed by atoms with van der Waals surface area (Å²) in [5, 5.41) is 7.10. The predicted molar refractivity (Wildman–Crippen MR) is 197 cm³/mol. The van der Waals surface area contributed by atoms with Crippen LogP contribution in [0, 0.1) is 0 Å². The number of nitrogens with zero attached hydrogens (tertiary/aromatic N) is 5. The lowest BCUT2D eigenvalue weighted by molar-refractivity contribution is 0.954. The molecule has 0 aliphatic rings. The second-order valence-electron chi connectivity index (χ2n) is 12.1. The van der Waals surface area contributed by atoms with Gasteiger partial charge in [0.1, 0.15) is 0 Å². The van der Waals surface area contributed by atoms with Crippen LogP contribution in [0.25, 0.3) is 88.8 Å². The molecular weight excluding hydrogens is 587 g/mol. The Morgan fingerprint density at radius 3 is 1.52 bits per heavy atom. The average molecular weight is 614 g/mol. The van der Waals surface area contributed by atoms with Crippen LogP contribution in [0.15, 0.2) is 164 Å². The highest BCUT2D eigenvalue weighted by molar-refractivity contribution is 6.20. The molecule has 7 aromatic carbocycles. The fourth-order valence-electron chi connectivity index (χ4n) is 7.13. The van der Waals surface area contributed by atoms with E-state index in [2.05, 4.69) is 137 Å². The van der Waals surface area contributed by atoms with E-state index in [1.165, 1.54) is 27.1 Å². The highest BCUT2D eigenvalue weighted by atomic mass is 15.2. The third-order valence-corrected chi connectivity index (χ3v) is 9.33. The third-order valence-electron chi connectivity index (χ3n) is 9.33. The summed E-state index contributed by atoms with van der Waals surface area (Å²) in [4.78, 5) is 15.4. The molecule has 5 nitrogen and oxygen atoms in total. The minimum absolute atomic E-state index is 0.583. The standard InChI is InChI=1S/C43H27N5/c1-4-14-28(15-5-1)41-44-42(29-16-6-2-7-17-29)46-43(45-41)48-38-25-31-19-11-10-18-30(31)24-34(38)36-26-35-33-22-12-13-23-37(33)47(39(35)27-40(36)48)32-20-8-3-9-21-32/h1-27H. The summed E-state index contributed by atoms with van der Waals surface area (Å²) >= 11 is 0. The molecule has 0 aliphatic carbocycles. The normalized spacial score (nSPS) is 11.8. The third kappa shape index (κ3) is 4.08. The molecule has 0 aliphatic heterocycles. The van der Waals surface area contributed by atoms with Crippen LogP contribution in [0.5, 0.6) is 0 Å². The minimum atomic E-state index is 0.583. The maximum absolute atomic E-state index is 5.19. The van der Waals surface area contributed by atoms with Crippen LogP contribution >= 0.6 is 0 Å². The van der Waals surface area contributed by atoms with Crippen LogP contribution in [-0.4, -0.2) is 24.1 Å². The lowest BCUT2D eigenvalue weighted by atomic mass is 10.0. The average Bonchev–Trinajstić information content (AvgIpc) is 3.65. The van der Waals surface area contributed by atoms with Crippen LogP contribution in [0.3, 0.4) is 0 Å². The van der Waals surface area contributed by atoms with Crippen molar-refractivity contribution in [1.29, 1.82) is 0 Å². The zero-order valence-corrected chi connectivity index (χ0v) is 25.8. The number of rotatable bonds is 4. The summed E-state index contributed by atoms with van der Waals surface area (Å²) < 4.78 is 4.59. The first-order chi connectivity index (χ1) is 23.8. The quantitative estimate of drug-likeness (QED) is 0.198. The number of benzene rings is 7. The SMILES string of the molecule is c1ccc(-c2nc(-c3ccccc3)nc(-n3c4cc5ccccc5cc4c4cc5c6ccccc6n(-c6ccccc6)c5cc43)n2)cc1. The molecule has 0 saturated carbocycles. The maximum atomic E-state index is 5.19. The second kappa shape index (κ2) is 10.5. The van der Waals surface area contributed by atoms with Gasteiger partial charge in [0.2, 0.25) is 5.95 Å². The molecule has 10 rings (SSSR count). The number of hydrogen-bond donors (Lipinski definition) is 0. The van der Waals surface area contributed by atoms with Gasteiger partial charge in [-0.15, -0.1) is 0 Å². The molecule has 0 bridgehead atoms. The monoisotopic (exact) mass is 613 g/mol. The van der Waals surface area contributed by atoms with E-state index in [-0.39, 0.29) is 0 Å². The number of fused-ring (bicyclic) bond motifs is 7. The zero-order chi connectivity index (χ0) is 31.6. The van der Waals surface area contributed by atoms with Gasteiger partial charge in [0, 0.05) is 38.4 Å². The van der Waals surface area contributed by atoms with Gasteiger partial charge in [-0.25, -0.2) is 4.98 Å². The van der Waals surface area contributed by atoms with Gasteiger partial charge in [0.25, 0.3) is 0 Å². The number of hydrogen-bond acceptors (Lipinski definition) is 3. The highest BCUT2D eigenvalue weighted by Crippen LogP contribution is 2.40. The Kier molecular flexibility index (Phi) is 5.81. The lowest BCUT2D eigenvalue weighted by Gasteiger charge is -2.12. The van der Waals surface area contributed by atoms with Gasteiger partial charge in [-0.2, -0.15) is 9.97 Å². The van der Waals surface area contributed by atoms with Gasteiger partial charge >= 0.3 is 0 Å². The Morgan fingerprint density at radius 1 is 0.333 bits per heavy atom. The van der Waals surface area contributed by atoms with Crippen LogP contribution in [-0.2, 0) is 0 Å². The van der Waals surface area contributed by atoms with Crippen molar-refractivity contribution in [2.45, 2.75) is 0 Å². The van der Waals surface area contributed by atoms with Gasteiger partial charge in [-0.3, -0.25) is 4.57 Å². The number of aromatic nitrogens is 5. The van der Waals surface area contributed by atoms with Gasteiger partial charge < -0.3 is 4.57 Å².